The maximum absolute atomic E-state index is 5.85. The molecule has 0 atom stereocenters. The van der Waals surface area contributed by atoms with Gasteiger partial charge < -0.3 is 15.4 Å². The van der Waals surface area contributed by atoms with E-state index in [9.17, 15) is 0 Å². The van der Waals surface area contributed by atoms with Crippen molar-refractivity contribution in [1.82, 2.24) is 10.6 Å². The molecule has 0 aromatic rings. The molecule has 3 heteroatoms. The maximum atomic E-state index is 5.85. The van der Waals surface area contributed by atoms with Crippen molar-refractivity contribution in [1.29, 1.82) is 0 Å². The Morgan fingerprint density at radius 3 is 2.40 bits per heavy atom. The summed E-state index contributed by atoms with van der Waals surface area (Å²) in [7, 11) is 0. The van der Waals surface area contributed by atoms with Gasteiger partial charge in [0.1, 0.15) is 0 Å². The van der Waals surface area contributed by atoms with E-state index in [4.69, 9.17) is 4.74 Å². The zero-order chi connectivity index (χ0) is 10.8. The van der Waals surface area contributed by atoms with Crippen molar-refractivity contribution in [2.75, 3.05) is 26.2 Å². The second-order valence-electron chi connectivity index (χ2n) is 5.60. The Hall–Kier alpha value is -0.120. The fraction of sp³-hybridized carbons (Fsp3) is 1.00. The first-order valence-corrected chi connectivity index (χ1v) is 6.22. The molecule has 0 amide bonds. The fourth-order valence-electron chi connectivity index (χ4n) is 2.56. The van der Waals surface area contributed by atoms with Gasteiger partial charge in [-0.2, -0.15) is 0 Å². The Morgan fingerprint density at radius 2 is 1.87 bits per heavy atom. The van der Waals surface area contributed by atoms with E-state index in [0.717, 1.165) is 26.2 Å². The van der Waals surface area contributed by atoms with Crippen LogP contribution in [0.5, 0.6) is 0 Å². The Kier molecular flexibility index (Phi) is 3.33. The van der Waals surface area contributed by atoms with Gasteiger partial charge in [-0.05, 0) is 26.7 Å². The van der Waals surface area contributed by atoms with Gasteiger partial charge in [-0.3, -0.25) is 0 Å². The quantitative estimate of drug-likeness (QED) is 0.674. The van der Waals surface area contributed by atoms with Gasteiger partial charge in [0.05, 0.1) is 12.2 Å². The molecule has 0 aromatic carbocycles. The lowest BCUT2D eigenvalue weighted by atomic mass is 10.00. The van der Waals surface area contributed by atoms with Gasteiger partial charge in [-0.25, -0.2) is 0 Å². The van der Waals surface area contributed by atoms with E-state index < -0.39 is 0 Å². The van der Waals surface area contributed by atoms with Gasteiger partial charge in [-0.15, -0.1) is 0 Å². The first-order valence-electron chi connectivity index (χ1n) is 6.22. The molecule has 15 heavy (non-hydrogen) atoms. The minimum Gasteiger partial charge on any atom is -0.371 e. The van der Waals surface area contributed by atoms with Crippen molar-refractivity contribution in [3.8, 4) is 0 Å². The molecule has 1 aliphatic carbocycles. The Labute approximate surface area is 93.0 Å². The highest BCUT2D eigenvalue weighted by atomic mass is 16.5. The van der Waals surface area contributed by atoms with Gasteiger partial charge >= 0.3 is 0 Å². The zero-order valence-corrected chi connectivity index (χ0v) is 10.1. The molecule has 88 valence electrons. The number of rotatable bonds is 5. The monoisotopic (exact) mass is 212 g/mol. The maximum Gasteiger partial charge on any atom is 0.0902 e. The van der Waals surface area contributed by atoms with Crippen molar-refractivity contribution in [2.45, 2.75) is 50.7 Å². The topological polar surface area (TPSA) is 33.3 Å². The molecule has 0 aromatic heterocycles. The molecule has 0 unspecified atom stereocenters. The normalized spacial score (nSPS) is 27.6. The van der Waals surface area contributed by atoms with Crippen LogP contribution in [-0.4, -0.2) is 37.4 Å². The smallest absolute Gasteiger partial charge is 0.0902 e. The van der Waals surface area contributed by atoms with E-state index in [0.29, 0.717) is 5.54 Å². The van der Waals surface area contributed by atoms with E-state index in [2.05, 4.69) is 24.5 Å². The first-order chi connectivity index (χ1) is 7.12. The van der Waals surface area contributed by atoms with Crippen LogP contribution < -0.4 is 10.6 Å². The van der Waals surface area contributed by atoms with E-state index in [1.54, 1.807) is 0 Å². The Balaban J connectivity index is 1.58. The van der Waals surface area contributed by atoms with Crippen molar-refractivity contribution in [2.24, 2.45) is 0 Å². The summed E-state index contributed by atoms with van der Waals surface area (Å²) < 4.78 is 5.85. The molecule has 3 nitrogen and oxygen atoms in total. The van der Waals surface area contributed by atoms with Crippen LogP contribution in [0.15, 0.2) is 0 Å². The van der Waals surface area contributed by atoms with Crippen LogP contribution in [0.25, 0.3) is 0 Å². The molecular formula is C12H24N2O. The minimum atomic E-state index is 0.109. The molecule has 2 fully saturated rings. The summed E-state index contributed by atoms with van der Waals surface area (Å²) in [5.41, 5.74) is 0.500. The molecule has 2 rings (SSSR count). The molecule has 1 heterocycles. The zero-order valence-electron chi connectivity index (χ0n) is 10.1. The average molecular weight is 212 g/mol. The third kappa shape index (κ3) is 2.92. The molecule has 0 spiro atoms. The van der Waals surface area contributed by atoms with Crippen LogP contribution in [0, 0.1) is 0 Å². The van der Waals surface area contributed by atoms with Crippen LogP contribution >= 0.6 is 0 Å². The summed E-state index contributed by atoms with van der Waals surface area (Å²) in [6, 6.07) is 0. The molecule has 1 aliphatic heterocycles. The van der Waals surface area contributed by atoms with Crippen LogP contribution in [-0.2, 0) is 4.74 Å². The summed E-state index contributed by atoms with van der Waals surface area (Å²) in [5.74, 6) is 0. The third-order valence-corrected chi connectivity index (χ3v) is 3.81. The van der Waals surface area contributed by atoms with Crippen molar-refractivity contribution < 1.29 is 4.74 Å². The number of hydrogen-bond donors (Lipinski definition) is 2. The lowest BCUT2D eigenvalue weighted by Gasteiger charge is -2.39. The summed E-state index contributed by atoms with van der Waals surface area (Å²) in [6.45, 7) is 8.36. The van der Waals surface area contributed by atoms with Crippen molar-refractivity contribution in [3.63, 3.8) is 0 Å². The van der Waals surface area contributed by atoms with Crippen molar-refractivity contribution in [3.05, 3.63) is 0 Å². The number of nitrogens with one attached hydrogen (secondary N) is 2. The van der Waals surface area contributed by atoms with E-state index in [1.807, 2.05) is 0 Å². The lowest BCUT2D eigenvalue weighted by molar-refractivity contribution is -0.0660. The molecular weight excluding hydrogens is 188 g/mol. The molecule has 2 N–H and O–H groups in total. The summed E-state index contributed by atoms with van der Waals surface area (Å²) in [4.78, 5) is 0. The predicted molar refractivity (Wildman–Crippen MR) is 62.1 cm³/mol. The van der Waals surface area contributed by atoms with E-state index in [1.165, 1.54) is 25.7 Å². The molecule has 1 saturated carbocycles. The summed E-state index contributed by atoms with van der Waals surface area (Å²) in [5, 5.41) is 6.88. The number of hydrogen-bond acceptors (Lipinski definition) is 3. The standard InChI is InChI=1S/C12H24N2O/c1-11(5-3-4-6-11)14-7-8-15-12(2)9-13-10-12/h13-14H,3-10H2,1-2H3. The summed E-state index contributed by atoms with van der Waals surface area (Å²) in [6.07, 6.45) is 5.41. The SMILES string of the molecule is CC1(NCCOC2(C)CNC2)CCCC1. The highest BCUT2D eigenvalue weighted by Crippen LogP contribution is 2.28. The van der Waals surface area contributed by atoms with E-state index in [-0.39, 0.29) is 5.60 Å². The molecule has 0 radical (unpaired) electrons. The first kappa shape index (κ1) is 11.4. The van der Waals surface area contributed by atoms with Gasteiger partial charge in [0, 0.05) is 25.2 Å². The third-order valence-electron chi connectivity index (χ3n) is 3.81. The predicted octanol–water partition coefficient (Wildman–Crippen LogP) is 1.29. The number of ether oxygens (including phenoxy) is 1. The second-order valence-corrected chi connectivity index (χ2v) is 5.60. The molecule has 1 saturated heterocycles. The van der Waals surface area contributed by atoms with Crippen molar-refractivity contribution >= 4 is 0 Å². The van der Waals surface area contributed by atoms with Crippen LogP contribution in [0.1, 0.15) is 39.5 Å². The van der Waals surface area contributed by atoms with Gasteiger partial charge in [0.25, 0.3) is 0 Å². The summed E-state index contributed by atoms with van der Waals surface area (Å²) >= 11 is 0. The van der Waals surface area contributed by atoms with Gasteiger partial charge in [0.2, 0.25) is 0 Å². The average Bonchev–Trinajstić information content (AvgIpc) is 2.58. The van der Waals surface area contributed by atoms with E-state index >= 15 is 0 Å². The Morgan fingerprint density at radius 1 is 1.20 bits per heavy atom. The van der Waals surface area contributed by atoms with Gasteiger partial charge in [0.15, 0.2) is 0 Å². The second kappa shape index (κ2) is 4.40. The van der Waals surface area contributed by atoms with Crippen LogP contribution in [0.4, 0.5) is 0 Å². The minimum absolute atomic E-state index is 0.109. The van der Waals surface area contributed by atoms with Gasteiger partial charge in [-0.1, -0.05) is 12.8 Å². The molecule has 0 bridgehead atoms. The highest BCUT2D eigenvalue weighted by Gasteiger charge is 2.32. The van der Waals surface area contributed by atoms with Crippen LogP contribution in [0.2, 0.25) is 0 Å². The fourth-order valence-corrected chi connectivity index (χ4v) is 2.56. The lowest BCUT2D eigenvalue weighted by Crippen LogP contribution is -2.59. The largest absolute Gasteiger partial charge is 0.371 e. The highest BCUT2D eigenvalue weighted by molar-refractivity contribution is 4.91. The Bertz CT molecular complexity index is 208. The molecule has 2 aliphatic rings. The van der Waals surface area contributed by atoms with Crippen LogP contribution in [0.3, 0.4) is 0 Å².